The van der Waals surface area contributed by atoms with Gasteiger partial charge in [-0.1, -0.05) is 54.2 Å². The molecular formula is C25H24N4O2S. The van der Waals surface area contributed by atoms with Crippen LogP contribution in [0.15, 0.2) is 76.5 Å². The standard InChI is InChI=1S/C25H24N4O2S/c1-17-8-3-5-11-21(17)23-26-27-25(29(23)16-20-10-7-15-31-20)32-18(2)24(30)28-14-13-19-9-4-6-12-22(19)28/h3-12,15,18H,13-14,16H2,1-2H3. The van der Waals surface area contributed by atoms with Crippen molar-refractivity contribution < 1.29 is 9.21 Å². The van der Waals surface area contributed by atoms with Crippen LogP contribution in [0.25, 0.3) is 11.4 Å². The van der Waals surface area contributed by atoms with Crippen LogP contribution < -0.4 is 4.90 Å². The third-order valence-corrected chi connectivity index (χ3v) is 6.85. The van der Waals surface area contributed by atoms with Crippen LogP contribution in [0, 0.1) is 6.92 Å². The summed E-state index contributed by atoms with van der Waals surface area (Å²) < 4.78 is 7.63. The summed E-state index contributed by atoms with van der Waals surface area (Å²) in [7, 11) is 0. The van der Waals surface area contributed by atoms with Crippen molar-refractivity contribution in [1.82, 2.24) is 14.8 Å². The Bertz CT molecular complexity index is 1250. The number of rotatable bonds is 6. The van der Waals surface area contributed by atoms with Gasteiger partial charge < -0.3 is 9.32 Å². The van der Waals surface area contributed by atoms with Crippen molar-refractivity contribution in [2.75, 3.05) is 11.4 Å². The third kappa shape index (κ3) is 3.84. The van der Waals surface area contributed by atoms with Gasteiger partial charge in [0.2, 0.25) is 5.91 Å². The van der Waals surface area contributed by atoms with Gasteiger partial charge in [0.05, 0.1) is 18.1 Å². The molecule has 1 atom stereocenters. The number of anilines is 1. The molecule has 0 aliphatic carbocycles. The largest absolute Gasteiger partial charge is 0.467 e. The van der Waals surface area contributed by atoms with Gasteiger partial charge in [-0.2, -0.15) is 0 Å². The molecule has 32 heavy (non-hydrogen) atoms. The monoisotopic (exact) mass is 444 g/mol. The first-order valence-corrected chi connectivity index (χ1v) is 11.6. The fraction of sp³-hybridized carbons (Fsp3) is 0.240. The van der Waals surface area contributed by atoms with E-state index < -0.39 is 0 Å². The lowest BCUT2D eigenvalue weighted by molar-refractivity contribution is -0.117. The predicted octanol–water partition coefficient (Wildman–Crippen LogP) is 4.96. The van der Waals surface area contributed by atoms with Gasteiger partial charge in [0.15, 0.2) is 11.0 Å². The molecule has 4 aromatic rings. The summed E-state index contributed by atoms with van der Waals surface area (Å²) in [6.45, 7) is 5.22. The van der Waals surface area contributed by atoms with Crippen LogP contribution >= 0.6 is 11.8 Å². The number of fused-ring (bicyclic) bond motifs is 1. The molecule has 0 radical (unpaired) electrons. The zero-order valence-corrected chi connectivity index (χ0v) is 18.9. The Labute approximate surface area is 191 Å². The molecule has 2 aromatic heterocycles. The van der Waals surface area contributed by atoms with Crippen LogP contribution in [-0.4, -0.2) is 32.5 Å². The predicted molar refractivity (Wildman–Crippen MR) is 126 cm³/mol. The summed E-state index contributed by atoms with van der Waals surface area (Å²) in [4.78, 5) is 15.2. The highest BCUT2D eigenvalue weighted by molar-refractivity contribution is 8.00. The Morgan fingerprint density at radius 3 is 2.72 bits per heavy atom. The Balaban J connectivity index is 1.44. The Morgan fingerprint density at radius 2 is 1.91 bits per heavy atom. The van der Waals surface area contributed by atoms with E-state index in [-0.39, 0.29) is 11.2 Å². The fourth-order valence-electron chi connectivity index (χ4n) is 4.09. The molecule has 5 rings (SSSR count). The number of aromatic nitrogens is 3. The van der Waals surface area contributed by atoms with E-state index in [4.69, 9.17) is 4.42 Å². The van der Waals surface area contributed by atoms with Crippen LogP contribution in [0.1, 0.15) is 23.8 Å². The molecule has 0 fully saturated rings. The van der Waals surface area contributed by atoms with Crippen molar-refractivity contribution in [3.63, 3.8) is 0 Å². The molecule has 0 spiro atoms. The SMILES string of the molecule is Cc1ccccc1-c1nnc(SC(C)C(=O)N2CCc3ccccc32)n1Cc1ccco1. The molecule has 3 heterocycles. The van der Waals surface area contributed by atoms with Crippen LogP contribution in [0.4, 0.5) is 5.69 Å². The van der Waals surface area contributed by atoms with Gasteiger partial charge in [-0.05, 0) is 49.6 Å². The van der Waals surface area contributed by atoms with Gasteiger partial charge in [-0.15, -0.1) is 10.2 Å². The van der Waals surface area contributed by atoms with Gasteiger partial charge in [0, 0.05) is 17.8 Å². The maximum absolute atomic E-state index is 13.3. The summed E-state index contributed by atoms with van der Waals surface area (Å²) in [5, 5.41) is 9.37. The molecule has 0 N–H and O–H groups in total. The van der Waals surface area contributed by atoms with E-state index in [0.717, 1.165) is 41.4 Å². The minimum absolute atomic E-state index is 0.0879. The molecule has 7 heteroatoms. The number of amides is 1. The minimum Gasteiger partial charge on any atom is -0.467 e. The zero-order valence-electron chi connectivity index (χ0n) is 18.1. The summed E-state index contributed by atoms with van der Waals surface area (Å²) in [5.41, 5.74) is 4.38. The van der Waals surface area contributed by atoms with Gasteiger partial charge in [0.1, 0.15) is 5.76 Å². The van der Waals surface area contributed by atoms with Crippen LogP contribution in [0.3, 0.4) is 0 Å². The molecule has 1 amide bonds. The second kappa shape index (κ2) is 8.67. The van der Waals surface area contributed by atoms with E-state index in [1.807, 2.05) is 64.9 Å². The van der Waals surface area contributed by atoms with Gasteiger partial charge in [-0.25, -0.2) is 0 Å². The van der Waals surface area contributed by atoms with Crippen molar-refractivity contribution in [1.29, 1.82) is 0 Å². The van der Waals surface area contributed by atoms with E-state index in [0.29, 0.717) is 11.7 Å². The Hall–Kier alpha value is -3.32. The fourth-order valence-corrected chi connectivity index (χ4v) is 5.01. The summed E-state index contributed by atoms with van der Waals surface area (Å²) in [6, 6.07) is 20.0. The van der Waals surface area contributed by atoms with Gasteiger partial charge in [0.25, 0.3) is 0 Å². The number of carbonyl (C=O) groups excluding carboxylic acids is 1. The Morgan fingerprint density at radius 1 is 1.09 bits per heavy atom. The molecule has 1 aliphatic heterocycles. The van der Waals surface area contributed by atoms with Crippen molar-refractivity contribution in [2.24, 2.45) is 0 Å². The summed E-state index contributed by atoms with van der Waals surface area (Å²) in [5.74, 6) is 1.67. The molecule has 0 saturated heterocycles. The van der Waals surface area contributed by atoms with Crippen molar-refractivity contribution >= 4 is 23.4 Å². The molecule has 1 unspecified atom stereocenters. The molecule has 6 nitrogen and oxygen atoms in total. The number of furan rings is 1. The van der Waals surface area contributed by atoms with Crippen LogP contribution in [-0.2, 0) is 17.8 Å². The number of benzene rings is 2. The first kappa shape index (κ1) is 20.6. The topological polar surface area (TPSA) is 64.2 Å². The number of hydrogen-bond acceptors (Lipinski definition) is 5. The first-order chi connectivity index (χ1) is 15.6. The number of nitrogens with zero attached hydrogens (tertiary/aromatic N) is 4. The zero-order chi connectivity index (χ0) is 22.1. The summed E-state index contributed by atoms with van der Waals surface area (Å²) >= 11 is 1.44. The summed E-state index contributed by atoms with van der Waals surface area (Å²) in [6.07, 6.45) is 2.56. The van der Waals surface area contributed by atoms with Crippen molar-refractivity contribution in [3.8, 4) is 11.4 Å². The van der Waals surface area contributed by atoms with E-state index in [9.17, 15) is 4.79 Å². The van der Waals surface area contributed by atoms with Crippen LogP contribution in [0.2, 0.25) is 0 Å². The van der Waals surface area contributed by atoms with E-state index in [1.54, 1.807) is 6.26 Å². The number of thioether (sulfide) groups is 1. The normalized spacial score (nSPS) is 13.9. The number of para-hydroxylation sites is 1. The first-order valence-electron chi connectivity index (χ1n) is 10.7. The number of aryl methyl sites for hydroxylation is 1. The molecule has 1 aliphatic rings. The average molecular weight is 445 g/mol. The lowest BCUT2D eigenvalue weighted by Gasteiger charge is -2.21. The van der Waals surface area contributed by atoms with Crippen molar-refractivity contribution in [2.45, 2.75) is 37.2 Å². The molecule has 0 saturated carbocycles. The van der Waals surface area contributed by atoms with Gasteiger partial charge >= 0.3 is 0 Å². The maximum atomic E-state index is 13.3. The van der Waals surface area contributed by atoms with E-state index in [1.165, 1.54) is 17.3 Å². The van der Waals surface area contributed by atoms with Crippen LogP contribution in [0.5, 0.6) is 0 Å². The van der Waals surface area contributed by atoms with E-state index in [2.05, 4.69) is 29.3 Å². The second-order valence-electron chi connectivity index (χ2n) is 7.92. The highest BCUT2D eigenvalue weighted by Gasteiger charge is 2.30. The van der Waals surface area contributed by atoms with Gasteiger partial charge in [-0.3, -0.25) is 9.36 Å². The smallest absolute Gasteiger partial charge is 0.240 e. The van der Waals surface area contributed by atoms with Crippen molar-refractivity contribution in [3.05, 3.63) is 83.8 Å². The maximum Gasteiger partial charge on any atom is 0.240 e. The molecule has 0 bridgehead atoms. The number of carbonyl (C=O) groups is 1. The molecular weight excluding hydrogens is 420 g/mol. The lowest BCUT2D eigenvalue weighted by atomic mass is 10.1. The quantitative estimate of drug-likeness (QED) is 0.393. The third-order valence-electron chi connectivity index (χ3n) is 5.78. The Kier molecular flexibility index (Phi) is 5.57. The van der Waals surface area contributed by atoms with E-state index >= 15 is 0 Å². The number of hydrogen-bond donors (Lipinski definition) is 0. The highest BCUT2D eigenvalue weighted by Crippen LogP contribution is 2.33. The molecule has 2 aromatic carbocycles. The second-order valence-corrected chi connectivity index (χ2v) is 9.22. The highest BCUT2D eigenvalue weighted by atomic mass is 32.2. The minimum atomic E-state index is -0.301. The average Bonchev–Trinajstić information content (AvgIpc) is 3.55. The lowest BCUT2D eigenvalue weighted by Crippen LogP contribution is -2.35. The molecule has 162 valence electrons.